The molecule has 21 nitrogen and oxygen atoms in total. The summed E-state index contributed by atoms with van der Waals surface area (Å²) >= 11 is 0. The molecule has 19 atom stereocenters. The van der Waals surface area contributed by atoms with E-state index in [2.05, 4.69) is 10.3 Å². The third-order valence-corrected chi connectivity index (χ3v) is 9.70. The third kappa shape index (κ3) is 8.95. The van der Waals surface area contributed by atoms with Crippen molar-refractivity contribution in [1.29, 1.82) is 0 Å². The van der Waals surface area contributed by atoms with Crippen molar-refractivity contribution in [3.05, 3.63) is 24.5 Å². The van der Waals surface area contributed by atoms with Crippen LogP contribution in [-0.4, -0.2) is 190 Å². The number of nitrogens with two attached hydrogens (primary N) is 5. The number of anilines is 1. The predicted octanol–water partition coefficient (Wildman–Crippen LogP) is -7.33. The topological polar surface area (TPSA) is 361 Å². The number of rotatable bonds is 14. The summed E-state index contributed by atoms with van der Waals surface area (Å²) in [5.74, 6) is 0. The van der Waals surface area contributed by atoms with E-state index in [0.717, 1.165) is 5.69 Å². The highest BCUT2D eigenvalue weighted by Gasteiger charge is 2.55. The Morgan fingerprint density at radius 3 is 1.90 bits per heavy atom. The lowest BCUT2D eigenvalue weighted by Crippen LogP contribution is -2.68. The number of hydrogen-bond donors (Lipinski definition) is 13. The van der Waals surface area contributed by atoms with Gasteiger partial charge in [0, 0.05) is 37.6 Å². The van der Waals surface area contributed by atoms with Crippen molar-refractivity contribution in [2.75, 3.05) is 38.2 Å². The van der Waals surface area contributed by atoms with Crippen LogP contribution >= 0.6 is 0 Å². The van der Waals surface area contributed by atoms with Gasteiger partial charge < -0.3 is 103 Å². The van der Waals surface area contributed by atoms with E-state index in [0.29, 0.717) is 0 Å². The summed E-state index contributed by atoms with van der Waals surface area (Å²) in [5, 5.41) is 76.2. The summed E-state index contributed by atoms with van der Waals surface area (Å²) in [4.78, 5) is 4.06. The molecule has 0 amide bonds. The van der Waals surface area contributed by atoms with Crippen LogP contribution in [0.4, 0.5) is 5.69 Å². The van der Waals surface area contributed by atoms with Crippen LogP contribution in [0.15, 0.2) is 24.5 Å². The summed E-state index contributed by atoms with van der Waals surface area (Å²) in [5.41, 5.74) is 31.4. The van der Waals surface area contributed by atoms with E-state index in [4.69, 9.17) is 61.8 Å². The molecule has 0 bridgehead atoms. The molecule has 0 aromatic carbocycles. The molecule has 21 heteroatoms. The molecule has 18 N–H and O–H groups in total. The number of nitrogens with one attached hydrogen (secondary N) is 1. The maximum atomic E-state index is 11.3. The number of pyridine rings is 1. The van der Waals surface area contributed by atoms with E-state index in [9.17, 15) is 35.7 Å². The zero-order valence-electron chi connectivity index (χ0n) is 27.8. The molecule has 3 aliphatic heterocycles. The van der Waals surface area contributed by atoms with Gasteiger partial charge in [-0.1, -0.05) is 0 Å². The van der Waals surface area contributed by atoms with Gasteiger partial charge in [-0.2, -0.15) is 0 Å². The quantitative estimate of drug-likeness (QED) is 0.0789. The lowest BCUT2D eigenvalue weighted by Gasteiger charge is -2.47. The number of aliphatic hydroxyl groups is 7. The molecule has 4 heterocycles. The minimum atomic E-state index is -1.53. The van der Waals surface area contributed by atoms with Crippen molar-refractivity contribution in [2.24, 2.45) is 28.7 Å². The van der Waals surface area contributed by atoms with Gasteiger partial charge in [-0.25, -0.2) is 0 Å². The minimum absolute atomic E-state index is 0.0326. The molecule has 4 fully saturated rings. The van der Waals surface area contributed by atoms with E-state index < -0.39 is 129 Å². The number of ether oxygens (including phenoxy) is 7. The van der Waals surface area contributed by atoms with Gasteiger partial charge in [0.15, 0.2) is 18.9 Å². The van der Waals surface area contributed by atoms with E-state index in [1.807, 2.05) is 6.07 Å². The lowest BCUT2D eigenvalue weighted by molar-refractivity contribution is -0.311. The highest BCUT2D eigenvalue weighted by Crippen LogP contribution is 2.35. The fourth-order valence-electron chi connectivity index (χ4n) is 6.71. The summed E-state index contributed by atoms with van der Waals surface area (Å²) in [6, 6.07) is -0.717. The maximum absolute atomic E-state index is 11.3. The second-order valence-corrected chi connectivity index (χ2v) is 13.2. The van der Waals surface area contributed by atoms with Crippen LogP contribution in [0, 0.1) is 0 Å². The molecular weight excluding hydrogens is 682 g/mol. The second-order valence-electron chi connectivity index (χ2n) is 13.2. The highest BCUT2D eigenvalue weighted by molar-refractivity contribution is 5.39. The average Bonchev–Trinajstić information content (AvgIpc) is 3.46. The number of hydrogen-bond acceptors (Lipinski definition) is 21. The van der Waals surface area contributed by atoms with Crippen molar-refractivity contribution in [3.63, 3.8) is 0 Å². The number of aliphatic hydroxyl groups excluding tert-OH is 7. The molecular formula is C30H53N7O14. The molecule has 1 aromatic rings. The van der Waals surface area contributed by atoms with Gasteiger partial charge in [0.25, 0.3) is 0 Å². The largest absolute Gasteiger partial charge is 0.394 e. The fourth-order valence-corrected chi connectivity index (χ4v) is 6.71. The molecule has 0 unspecified atom stereocenters. The van der Waals surface area contributed by atoms with Gasteiger partial charge in [0.2, 0.25) is 0 Å². The van der Waals surface area contributed by atoms with Gasteiger partial charge in [0.1, 0.15) is 67.1 Å². The molecule has 292 valence electrons. The van der Waals surface area contributed by atoms with Gasteiger partial charge in [-0.3, -0.25) is 4.98 Å². The molecule has 3 saturated heterocycles. The molecule has 51 heavy (non-hydrogen) atoms. The van der Waals surface area contributed by atoms with Crippen molar-refractivity contribution in [2.45, 2.75) is 123 Å². The monoisotopic (exact) mass is 735 g/mol. The van der Waals surface area contributed by atoms with E-state index >= 15 is 0 Å². The summed E-state index contributed by atoms with van der Waals surface area (Å²) in [6.45, 7) is -1.11. The number of aromatic nitrogens is 1. The Hall–Kier alpha value is -1.81. The van der Waals surface area contributed by atoms with Crippen LogP contribution in [0.1, 0.15) is 6.42 Å². The third-order valence-electron chi connectivity index (χ3n) is 9.70. The Bertz CT molecular complexity index is 1200. The van der Waals surface area contributed by atoms with Gasteiger partial charge in [-0.15, -0.1) is 0 Å². The molecule has 4 aliphatic rings. The highest BCUT2D eigenvalue weighted by atomic mass is 16.8. The molecule has 1 aromatic heterocycles. The Labute approximate surface area is 293 Å². The Morgan fingerprint density at radius 2 is 1.29 bits per heavy atom. The van der Waals surface area contributed by atoms with Crippen LogP contribution in [0.25, 0.3) is 0 Å². The average molecular weight is 736 g/mol. The molecule has 1 saturated carbocycles. The molecule has 5 rings (SSSR count). The zero-order valence-corrected chi connectivity index (χ0v) is 27.8. The summed E-state index contributed by atoms with van der Waals surface area (Å²) in [6.07, 6.45) is -16.3. The minimum Gasteiger partial charge on any atom is -0.394 e. The van der Waals surface area contributed by atoms with Crippen molar-refractivity contribution in [3.8, 4) is 0 Å². The Morgan fingerprint density at radius 1 is 0.706 bits per heavy atom. The Balaban J connectivity index is 1.38. The van der Waals surface area contributed by atoms with E-state index in [-0.39, 0.29) is 26.1 Å². The first-order chi connectivity index (χ1) is 24.4. The first-order valence-electron chi connectivity index (χ1n) is 16.9. The Kier molecular flexibility index (Phi) is 14.3. The van der Waals surface area contributed by atoms with Gasteiger partial charge >= 0.3 is 0 Å². The molecule has 1 aliphatic carbocycles. The molecule has 0 spiro atoms. The van der Waals surface area contributed by atoms with Crippen molar-refractivity contribution < 1.29 is 68.9 Å². The van der Waals surface area contributed by atoms with Crippen LogP contribution < -0.4 is 34.0 Å². The summed E-state index contributed by atoms with van der Waals surface area (Å²) < 4.78 is 42.4. The lowest BCUT2D eigenvalue weighted by atomic mass is 9.84. The normalized spacial score (nSPS) is 46.2. The zero-order chi connectivity index (χ0) is 37.0. The smallest absolute Gasteiger partial charge is 0.187 e. The van der Waals surface area contributed by atoms with Crippen LogP contribution in [0.5, 0.6) is 0 Å². The van der Waals surface area contributed by atoms with Gasteiger partial charge in [-0.05, 0) is 18.6 Å². The maximum Gasteiger partial charge on any atom is 0.187 e. The summed E-state index contributed by atoms with van der Waals surface area (Å²) in [7, 11) is 0. The molecule has 0 radical (unpaired) electrons. The number of nitrogens with zero attached hydrogens (tertiary/aromatic N) is 1. The van der Waals surface area contributed by atoms with Crippen LogP contribution in [0.2, 0.25) is 0 Å². The SMILES string of the molecule is NC[C@@H]1O[C@H](O[C@H]2[C@@H](OCCNc3cccnc3)[C@H](O[C@@H]3[C@@H](O)[C@H](N)C[C@H](N)[C@H]3O[C@H]3O[C@H](CO)[C@@H](O)[C@H](O)[C@H]3N)O[C@@H]2CO)[C@H](N)[C@@H](O)[C@@H]1O. The predicted molar refractivity (Wildman–Crippen MR) is 173 cm³/mol. The van der Waals surface area contributed by atoms with Crippen molar-refractivity contribution >= 4 is 5.69 Å². The second kappa shape index (κ2) is 18.0. The van der Waals surface area contributed by atoms with Gasteiger partial charge in [0.05, 0.1) is 43.7 Å². The standard InChI is InChI=1S/C30H53N7O14/c31-7-14-20(41)22(43)17(34)28(46-14)50-25-16(10-39)48-30(27(25)45-5-4-37-11-2-1-3-36-8-11)51-26-19(40)12(32)6-13(33)24(26)49-29-18(35)23(44)21(42)15(9-38)47-29/h1-3,8,12-30,37-44H,4-7,9-10,31-35H2/t12-,13+,14+,15-,16-,17-,18-,19+,20-,21-,22-,23-,24-,25-,26-,27-,28-,29-,30+/m1/s1. The van der Waals surface area contributed by atoms with Crippen molar-refractivity contribution in [1.82, 2.24) is 4.98 Å². The van der Waals surface area contributed by atoms with E-state index in [1.54, 1.807) is 18.5 Å². The van der Waals surface area contributed by atoms with E-state index in [1.165, 1.54) is 0 Å². The first-order valence-corrected chi connectivity index (χ1v) is 16.9. The first kappa shape index (κ1) is 40.4. The van der Waals surface area contributed by atoms with Crippen LogP contribution in [0.3, 0.4) is 0 Å². The van der Waals surface area contributed by atoms with Crippen LogP contribution in [-0.2, 0) is 33.2 Å². The fraction of sp³-hybridized carbons (Fsp3) is 0.833.